The Hall–Kier alpha value is -2.96. The molecular weight excluding hydrogens is 272 g/mol. The Balaban J connectivity index is 2.38. The van der Waals surface area contributed by atoms with Gasteiger partial charge in [-0.3, -0.25) is 19.9 Å². The number of pyridine rings is 1. The summed E-state index contributed by atoms with van der Waals surface area (Å²) < 4.78 is 0. The van der Waals surface area contributed by atoms with E-state index in [-0.39, 0.29) is 11.3 Å². The number of nitrogens with one attached hydrogen (secondary N) is 2. The molecule has 1 aromatic carbocycles. The van der Waals surface area contributed by atoms with E-state index >= 15 is 0 Å². The molecule has 0 saturated carbocycles. The van der Waals surface area contributed by atoms with Crippen molar-refractivity contribution in [3.05, 3.63) is 57.9 Å². The molecule has 1 aromatic heterocycles. The minimum atomic E-state index is -0.579. The van der Waals surface area contributed by atoms with Crippen LogP contribution in [0.25, 0.3) is 0 Å². The van der Waals surface area contributed by atoms with Gasteiger partial charge in [0.1, 0.15) is 5.56 Å². The van der Waals surface area contributed by atoms with E-state index in [4.69, 9.17) is 0 Å². The number of hydrogen-bond acceptors (Lipinski definition) is 5. The van der Waals surface area contributed by atoms with Crippen molar-refractivity contribution in [3.63, 3.8) is 0 Å². The van der Waals surface area contributed by atoms with Gasteiger partial charge >= 0.3 is 0 Å². The molecule has 7 nitrogen and oxygen atoms in total. The third kappa shape index (κ3) is 3.14. The summed E-state index contributed by atoms with van der Waals surface area (Å²) in [4.78, 5) is 26.8. The van der Waals surface area contributed by atoms with Gasteiger partial charge in [-0.05, 0) is 31.2 Å². The van der Waals surface area contributed by atoms with Crippen LogP contribution in [0.5, 0.6) is 0 Å². The van der Waals surface area contributed by atoms with Gasteiger partial charge in [-0.15, -0.1) is 0 Å². The van der Waals surface area contributed by atoms with Gasteiger partial charge in [-0.25, -0.2) is 0 Å². The quantitative estimate of drug-likeness (QED) is 0.665. The fraction of sp³-hybridized carbons (Fsp3) is 0.143. The number of anilines is 2. The number of carbonyl (C=O) groups is 1. The van der Waals surface area contributed by atoms with E-state index in [1.165, 1.54) is 12.1 Å². The van der Waals surface area contributed by atoms with Gasteiger partial charge < -0.3 is 10.6 Å². The highest BCUT2D eigenvalue weighted by molar-refractivity contribution is 6.07. The summed E-state index contributed by atoms with van der Waals surface area (Å²) in [5.74, 6) is -0.546. The minimum absolute atomic E-state index is 0.00453. The molecule has 1 amide bonds. The molecule has 0 aliphatic rings. The van der Waals surface area contributed by atoms with E-state index in [0.29, 0.717) is 17.1 Å². The first kappa shape index (κ1) is 14.4. The molecule has 0 aliphatic carbocycles. The first-order valence-corrected chi connectivity index (χ1v) is 6.22. The van der Waals surface area contributed by atoms with Crippen molar-refractivity contribution in [2.24, 2.45) is 0 Å². The van der Waals surface area contributed by atoms with Crippen molar-refractivity contribution in [3.8, 4) is 0 Å². The largest absolute Gasteiger partial charge is 0.388 e. The van der Waals surface area contributed by atoms with Crippen LogP contribution in [0.1, 0.15) is 16.1 Å². The van der Waals surface area contributed by atoms with Crippen molar-refractivity contribution < 1.29 is 9.72 Å². The zero-order chi connectivity index (χ0) is 15.4. The fourth-order valence-electron chi connectivity index (χ4n) is 1.84. The molecule has 0 bridgehead atoms. The van der Waals surface area contributed by atoms with Crippen LogP contribution in [0.2, 0.25) is 0 Å². The number of rotatable bonds is 4. The van der Waals surface area contributed by atoms with Crippen LogP contribution >= 0.6 is 0 Å². The van der Waals surface area contributed by atoms with Gasteiger partial charge in [0.05, 0.1) is 16.3 Å². The van der Waals surface area contributed by atoms with Crippen LogP contribution < -0.4 is 10.6 Å². The predicted molar refractivity (Wildman–Crippen MR) is 79.6 cm³/mol. The minimum Gasteiger partial charge on any atom is -0.388 e. The summed E-state index contributed by atoms with van der Waals surface area (Å²) >= 11 is 0. The fourth-order valence-corrected chi connectivity index (χ4v) is 1.84. The lowest BCUT2D eigenvalue weighted by Gasteiger charge is -2.09. The topological polar surface area (TPSA) is 97.2 Å². The number of hydrogen-bond donors (Lipinski definition) is 2. The lowest BCUT2D eigenvalue weighted by molar-refractivity contribution is -0.385. The average Bonchev–Trinajstić information content (AvgIpc) is 2.48. The first-order chi connectivity index (χ1) is 10.0. The maximum Gasteiger partial charge on any atom is 0.282 e. The van der Waals surface area contributed by atoms with Gasteiger partial charge in [-0.1, -0.05) is 0 Å². The molecule has 0 spiro atoms. The summed E-state index contributed by atoms with van der Waals surface area (Å²) in [6.45, 7) is 1.74. The summed E-state index contributed by atoms with van der Waals surface area (Å²) in [6, 6.07) is 7.66. The van der Waals surface area contributed by atoms with Crippen molar-refractivity contribution in [1.82, 2.24) is 4.98 Å². The summed E-state index contributed by atoms with van der Waals surface area (Å²) in [6.07, 6.45) is 1.61. The molecule has 2 rings (SSSR count). The van der Waals surface area contributed by atoms with E-state index in [2.05, 4.69) is 15.6 Å². The van der Waals surface area contributed by atoms with Crippen molar-refractivity contribution in [2.45, 2.75) is 6.92 Å². The smallest absolute Gasteiger partial charge is 0.282 e. The Labute approximate surface area is 121 Å². The SMILES string of the molecule is CNc1ccc([N+](=O)[O-])c(C(=O)Nc2cccnc2C)c1. The second kappa shape index (κ2) is 6.00. The third-order valence-electron chi connectivity index (χ3n) is 2.98. The molecule has 2 N–H and O–H groups in total. The molecule has 1 heterocycles. The van der Waals surface area contributed by atoms with Crippen molar-refractivity contribution in [2.75, 3.05) is 17.7 Å². The second-order valence-corrected chi connectivity index (χ2v) is 4.33. The lowest BCUT2D eigenvalue weighted by atomic mass is 10.1. The van der Waals surface area contributed by atoms with Gasteiger partial charge in [0.25, 0.3) is 11.6 Å². The molecule has 7 heteroatoms. The number of aryl methyl sites for hydroxylation is 1. The molecule has 0 fully saturated rings. The molecule has 108 valence electrons. The Kier molecular flexibility index (Phi) is 4.13. The third-order valence-corrected chi connectivity index (χ3v) is 2.98. The molecule has 0 atom stereocenters. The van der Waals surface area contributed by atoms with Crippen LogP contribution in [0.4, 0.5) is 17.1 Å². The maximum atomic E-state index is 12.3. The first-order valence-electron chi connectivity index (χ1n) is 6.22. The van der Waals surface area contributed by atoms with Gasteiger partial charge in [0.2, 0.25) is 0 Å². The highest BCUT2D eigenvalue weighted by Crippen LogP contribution is 2.24. The zero-order valence-corrected chi connectivity index (χ0v) is 11.6. The molecule has 0 unspecified atom stereocenters. The van der Waals surface area contributed by atoms with Crippen LogP contribution in [0.3, 0.4) is 0 Å². The normalized spacial score (nSPS) is 10.0. The Morgan fingerprint density at radius 1 is 1.33 bits per heavy atom. The predicted octanol–water partition coefficient (Wildman–Crippen LogP) is 2.59. The number of carbonyl (C=O) groups excluding carboxylic acids is 1. The monoisotopic (exact) mass is 286 g/mol. The summed E-state index contributed by atoms with van der Waals surface area (Å²) in [7, 11) is 1.67. The van der Waals surface area contributed by atoms with Crippen molar-refractivity contribution >= 4 is 23.0 Å². The van der Waals surface area contributed by atoms with E-state index in [1.54, 1.807) is 38.4 Å². The molecular formula is C14H14N4O3. The Morgan fingerprint density at radius 3 is 2.71 bits per heavy atom. The summed E-state index contributed by atoms with van der Waals surface area (Å²) in [5.41, 5.74) is 1.53. The molecule has 2 aromatic rings. The number of benzene rings is 1. The maximum absolute atomic E-state index is 12.3. The highest BCUT2D eigenvalue weighted by Gasteiger charge is 2.21. The highest BCUT2D eigenvalue weighted by atomic mass is 16.6. The van der Waals surface area contributed by atoms with E-state index in [9.17, 15) is 14.9 Å². The molecule has 0 saturated heterocycles. The van der Waals surface area contributed by atoms with Gasteiger partial charge in [-0.2, -0.15) is 0 Å². The van der Waals surface area contributed by atoms with Crippen LogP contribution in [-0.2, 0) is 0 Å². The number of amides is 1. The van der Waals surface area contributed by atoms with Crippen molar-refractivity contribution in [1.29, 1.82) is 0 Å². The van der Waals surface area contributed by atoms with E-state index < -0.39 is 10.8 Å². The van der Waals surface area contributed by atoms with Crippen LogP contribution in [0.15, 0.2) is 36.5 Å². The summed E-state index contributed by atoms with van der Waals surface area (Å²) in [5, 5.41) is 16.5. The number of nitro groups is 1. The Morgan fingerprint density at radius 2 is 2.10 bits per heavy atom. The Bertz CT molecular complexity index is 700. The number of aromatic nitrogens is 1. The molecule has 21 heavy (non-hydrogen) atoms. The number of nitrogens with zero attached hydrogens (tertiary/aromatic N) is 2. The van der Waals surface area contributed by atoms with Crippen LogP contribution in [0, 0.1) is 17.0 Å². The van der Waals surface area contributed by atoms with Gasteiger partial charge in [0.15, 0.2) is 0 Å². The zero-order valence-electron chi connectivity index (χ0n) is 11.6. The van der Waals surface area contributed by atoms with E-state index in [1.807, 2.05) is 0 Å². The molecule has 0 radical (unpaired) electrons. The average molecular weight is 286 g/mol. The lowest BCUT2D eigenvalue weighted by Crippen LogP contribution is -2.15. The second-order valence-electron chi connectivity index (χ2n) is 4.33. The van der Waals surface area contributed by atoms with E-state index in [0.717, 1.165) is 0 Å². The molecule has 0 aliphatic heterocycles. The standard InChI is InChI=1S/C14H14N4O3/c1-9-12(4-3-7-16-9)17-14(19)11-8-10(15-2)5-6-13(11)18(20)21/h3-8,15H,1-2H3,(H,17,19). The van der Waals surface area contributed by atoms with Gasteiger partial charge in [0, 0.05) is 25.0 Å². The van der Waals surface area contributed by atoms with Crippen LogP contribution in [-0.4, -0.2) is 22.9 Å². The number of nitro benzene ring substituents is 1.